The quantitative estimate of drug-likeness (QED) is 0.667. The number of hydrogen-bond donors (Lipinski definition) is 1. The van der Waals surface area contributed by atoms with Gasteiger partial charge < -0.3 is 15.0 Å². The molecule has 5 heteroatoms. The Bertz CT molecular complexity index is 322. The predicted octanol–water partition coefficient (Wildman–Crippen LogP) is 0.884. The first-order chi connectivity index (χ1) is 7.35. The Morgan fingerprint density at radius 1 is 1.50 bits per heavy atom. The van der Waals surface area contributed by atoms with Gasteiger partial charge in [0.15, 0.2) is 0 Å². The van der Waals surface area contributed by atoms with Crippen molar-refractivity contribution in [1.82, 2.24) is 10.2 Å². The van der Waals surface area contributed by atoms with Crippen molar-refractivity contribution in [3.8, 4) is 0 Å². The van der Waals surface area contributed by atoms with E-state index < -0.39 is 5.60 Å². The number of piperidine rings is 1. The minimum atomic E-state index is -0.481. The van der Waals surface area contributed by atoms with Gasteiger partial charge >= 0.3 is 6.09 Å². The Morgan fingerprint density at radius 2 is 2.19 bits per heavy atom. The van der Waals surface area contributed by atoms with Gasteiger partial charge in [0.1, 0.15) is 5.60 Å². The Labute approximate surface area is 95.1 Å². The highest BCUT2D eigenvalue weighted by atomic mass is 16.6. The number of nitrogens with zero attached hydrogens (tertiary/aromatic N) is 1. The van der Waals surface area contributed by atoms with Crippen LogP contribution in [0.1, 0.15) is 33.6 Å². The van der Waals surface area contributed by atoms with Crippen LogP contribution in [0, 0.1) is 0 Å². The van der Waals surface area contributed by atoms with E-state index in [1.165, 1.54) is 0 Å². The number of amides is 2. The smallest absolute Gasteiger partial charge is 0.410 e. The molecule has 0 aromatic carbocycles. The molecule has 5 nitrogen and oxygen atoms in total. The van der Waals surface area contributed by atoms with Gasteiger partial charge in [0.05, 0.1) is 0 Å². The van der Waals surface area contributed by atoms with E-state index in [9.17, 15) is 9.59 Å². The second kappa shape index (κ2) is 3.64. The number of carbonyl (C=O) groups excluding carboxylic acids is 2. The minimum Gasteiger partial charge on any atom is -0.444 e. The van der Waals surface area contributed by atoms with Crippen LogP contribution in [0.4, 0.5) is 4.79 Å². The van der Waals surface area contributed by atoms with Gasteiger partial charge in [-0.1, -0.05) is 0 Å². The third-order valence-corrected chi connectivity index (χ3v) is 2.83. The molecule has 2 rings (SSSR count). The number of hydrogen-bond acceptors (Lipinski definition) is 3. The number of likely N-dealkylation sites (tertiary alicyclic amines) is 1. The van der Waals surface area contributed by atoms with E-state index >= 15 is 0 Å². The fraction of sp³-hybridized carbons (Fsp3) is 0.818. The first-order valence-corrected chi connectivity index (χ1v) is 5.64. The molecular formula is C11H18N2O3. The lowest BCUT2D eigenvalue weighted by atomic mass is 10.0. The van der Waals surface area contributed by atoms with Crippen molar-refractivity contribution >= 4 is 12.0 Å². The predicted molar refractivity (Wildman–Crippen MR) is 57.9 cm³/mol. The normalized spacial score (nSPS) is 28.9. The SMILES string of the molecule is CC(C)(C)OC(=O)N1C[C@H]2C[C@@H]1CC(=O)N2. The largest absolute Gasteiger partial charge is 0.444 e. The van der Waals surface area contributed by atoms with Crippen molar-refractivity contribution in [3.63, 3.8) is 0 Å². The number of fused-ring (bicyclic) bond motifs is 2. The summed E-state index contributed by atoms with van der Waals surface area (Å²) < 4.78 is 5.31. The molecule has 2 saturated heterocycles. The van der Waals surface area contributed by atoms with Gasteiger partial charge in [0.25, 0.3) is 0 Å². The van der Waals surface area contributed by atoms with E-state index in [0.29, 0.717) is 13.0 Å². The first kappa shape index (κ1) is 11.2. The standard InChI is InChI=1S/C11H18N2O3/c1-11(2,3)16-10(15)13-6-7-4-8(13)5-9(14)12-7/h7-8H,4-6H2,1-3H3,(H,12,14)/t7-,8-/m1/s1. The summed E-state index contributed by atoms with van der Waals surface area (Å²) in [5, 5.41) is 2.87. The van der Waals surface area contributed by atoms with Crippen LogP contribution >= 0.6 is 0 Å². The first-order valence-electron chi connectivity index (χ1n) is 5.64. The second-order valence-corrected chi connectivity index (χ2v) is 5.49. The van der Waals surface area contributed by atoms with E-state index in [0.717, 1.165) is 6.42 Å². The van der Waals surface area contributed by atoms with E-state index in [1.54, 1.807) is 4.90 Å². The topological polar surface area (TPSA) is 58.6 Å². The zero-order chi connectivity index (χ0) is 11.9. The molecule has 0 radical (unpaired) electrons. The third-order valence-electron chi connectivity index (χ3n) is 2.83. The maximum atomic E-state index is 11.9. The molecule has 2 aliphatic heterocycles. The Hall–Kier alpha value is -1.26. The fourth-order valence-corrected chi connectivity index (χ4v) is 2.26. The number of nitrogens with one attached hydrogen (secondary N) is 1. The van der Waals surface area contributed by atoms with E-state index in [1.807, 2.05) is 20.8 Å². The maximum absolute atomic E-state index is 11.9. The molecule has 16 heavy (non-hydrogen) atoms. The van der Waals surface area contributed by atoms with Gasteiger partial charge in [0.2, 0.25) is 5.91 Å². The third kappa shape index (κ3) is 2.28. The molecule has 2 amide bonds. The summed E-state index contributed by atoms with van der Waals surface area (Å²) in [6.45, 7) is 6.11. The van der Waals surface area contributed by atoms with Crippen molar-refractivity contribution in [2.45, 2.75) is 51.3 Å². The van der Waals surface area contributed by atoms with Crippen LogP contribution in [0.5, 0.6) is 0 Å². The summed E-state index contributed by atoms with van der Waals surface area (Å²) in [7, 11) is 0. The summed E-state index contributed by atoms with van der Waals surface area (Å²) in [5.41, 5.74) is -0.481. The van der Waals surface area contributed by atoms with Crippen molar-refractivity contribution in [3.05, 3.63) is 0 Å². The molecule has 2 atom stereocenters. The molecular weight excluding hydrogens is 208 g/mol. The highest BCUT2D eigenvalue weighted by Crippen LogP contribution is 2.26. The summed E-state index contributed by atoms with van der Waals surface area (Å²) in [5.74, 6) is 0.0345. The molecule has 2 fully saturated rings. The summed E-state index contributed by atoms with van der Waals surface area (Å²) >= 11 is 0. The summed E-state index contributed by atoms with van der Waals surface area (Å²) in [4.78, 5) is 24.8. The summed E-state index contributed by atoms with van der Waals surface area (Å²) in [6, 6.07) is 0.132. The van der Waals surface area contributed by atoms with Crippen molar-refractivity contribution in [2.75, 3.05) is 6.54 Å². The fourth-order valence-electron chi connectivity index (χ4n) is 2.26. The number of ether oxygens (including phenoxy) is 1. The molecule has 0 aromatic heterocycles. The molecule has 0 aromatic rings. The van der Waals surface area contributed by atoms with Gasteiger partial charge in [0, 0.05) is 25.0 Å². The van der Waals surface area contributed by atoms with Gasteiger partial charge in [-0.15, -0.1) is 0 Å². The van der Waals surface area contributed by atoms with Crippen molar-refractivity contribution in [1.29, 1.82) is 0 Å². The summed E-state index contributed by atoms with van der Waals surface area (Å²) in [6.07, 6.45) is 0.942. The minimum absolute atomic E-state index is 0.0219. The number of rotatable bonds is 0. The highest BCUT2D eigenvalue weighted by Gasteiger charge is 2.42. The van der Waals surface area contributed by atoms with Gasteiger partial charge in [-0.25, -0.2) is 4.79 Å². The van der Waals surface area contributed by atoms with E-state index in [-0.39, 0.29) is 24.1 Å². The van der Waals surface area contributed by atoms with Crippen LogP contribution in [0.3, 0.4) is 0 Å². The van der Waals surface area contributed by atoms with Crippen molar-refractivity contribution in [2.24, 2.45) is 0 Å². The lowest BCUT2D eigenvalue weighted by molar-refractivity contribution is -0.123. The average molecular weight is 226 g/mol. The zero-order valence-electron chi connectivity index (χ0n) is 9.95. The molecule has 0 aliphatic carbocycles. The van der Waals surface area contributed by atoms with Crippen LogP contribution in [0.15, 0.2) is 0 Å². The zero-order valence-corrected chi connectivity index (χ0v) is 9.95. The van der Waals surface area contributed by atoms with E-state index in [4.69, 9.17) is 4.74 Å². The average Bonchev–Trinajstić information content (AvgIpc) is 2.38. The molecule has 1 N–H and O–H groups in total. The van der Waals surface area contributed by atoms with Crippen LogP contribution in [0.25, 0.3) is 0 Å². The van der Waals surface area contributed by atoms with Gasteiger partial charge in [-0.05, 0) is 27.2 Å². The second-order valence-electron chi connectivity index (χ2n) is 5.49. The number of carbonyl (C=O) groups is 2. The molecule has 2 aliphatic rings. The molecule has 2 bridgehead atoms. The maximum Gasteiger partial charge on any atom is 0.410 e. The van der Waals surface area contributed by atoms with Crippen molar-refractivity contribution < 1.29 is 14.3 Å². The lowest BCUT2D eigenvalue weighted by Crippen LogP contribution is -2.41. The van der Waals surface area contributed by atoms with Gasteiger partial charge in [-0.2, -0.15) is 0 Å². The Kier molecular flexibility index (Phi) is 2.56. The van der Waals surface area contributed by atoms with Crippen LogP contribution in [-0.4, -0.2) is 41.1 Å². The molecule has 0 unspecified atom stereocenters. The molecule has 0 spiro atoms. The monoisotopic (exact) mass is 226 g/mol. The molecule has 2 heterocycles. The van der Waals surface area contributed by atoms with Crippen LogP contribution in [0.2, 0.25) is 0 Å². The van der Waals surface area contributed by atoms with Gasteiger partial charge in [-0.3, -0.25) is 4.79 Å². The highest BCUT2D eigenvalue weighted by molar-refractivity contribution is 5.80. The molecule has 90 valence electrons. The van der Waals surface area contributed by atoms with E-state index in [2.05, 4.69) is 5.32 Å². The van der Waals surface area contributed by atoms with Crippen LogP contribution < -0.4 is 5.32 Å². The van der Waals surface area contributed by atoms with Crippen LogP contribution in [-0.2, 0) is 9.53 Å². The Morgan fingerprint density at radius 3 is 2.81 bits per heavy atom. The lowest BCUT2D eigenvalue weighted by Gasteiger charge is -2.27. The Balaban J connectivity index is 2.01. The molecule has 0 saturated carbocycles.